The number of pyridine rings is 1. The Morgan fingerprint density at radius 2 is 2.03 bits per heavy atom. The van der Waals surface area contributed by atoms with Crippen LogP contribution in [0.4, 0.5) is 13.6 Å². The number of nitrogens with zero attached hydrogens (tertiary/aromatic N) is 4. The summed E-state index contributed by atoms with van der Waals surface area (Å²) in [6.45, 7) is 0.0609. The normalized spacial score (nSPS) is 11.0. The Morgan fingerprint density at radius 1 is 1.21 bits per heavy atom. The Balaban J connectivity index is 1.30. The number of amides is 2. The van der Waals surface area contributed by atoms with Crippen molar-refractivity contribution >= 4 is 34.4 Å². The molecule has 3 N–H and O–H groups in total. The van der Waals surface area contributed by atoms with Crippen LogP contribution in [0.5, 0.6) is 0 Å². The lowest BCUT2D eigenvalue weighted by Gasteiger charge is -2.17. The molecule has 0 spiro atoms. The van der Waals surface area contributed by atoms with Crippen LogP contribution in [0.2, 0.25) is 0 Å². The Kier molecular flexibility index (Phi) is 7.07. The minimum Gasteiger partial charge on any atom is -0.465 e. The third-order valence-corrected chi connectivity index (χ3v) is 5.80. The number of carbonyl (C=O) groups excluding carboxylic acids is 1. The number of aromatic amines is 1. The number of para-hydroxylation sites is 2. The van der Waals surface area contributed by atoms with Crippen LogP contribution in [0.3, 0.4) is 0 Å². The van der Waals surface area contributed by atoms with E-state index in [9.17, 15) is 23.5 Å². The van der Waals surface area contributed by atoms with Crippen molar-refractivity contribution in [1.82, 2.24) is 30.2 Å². The SMILES string of the molecule is O=C(NCc1ncc(F)cc1F)c1csc(CN(CCCc2nc3ccccc3[nH]2)C(=O)O)n1. The Labute approximate surface area is 196 Å². The average molecular weight is 487 g/mol. The molecule has 4 aromatic rings. The van der Waals surface area contributed by atoms with Crippen LogP contribution < -0.4 is 5.32 Å². The predicted octanol–water partition coefficient (Wildman–Crippen LogP) is 3.74. The summed E-state index contributed by atoms with van der Waals surface area (Å²) in [4.78, 5) is 40.7. The maximum absolute atomic E-state index is 13.7. The number of carboxylic acid groups (broad SMARTS) is 1. The fraction of sp³-hybridized carbons (Fsp3) is 0.227. The van der Waals surface area contributed by atoms with E-state index < -0.39 is 23.6 Å². The lowest BCUT2D eigenvalue weighted by Crippen LogP contribution is -2.30. The molecule has 0 unspecified atom stereocenters. The highest BCUT2D eigenvalue weighted by Crippen LogP contribution is 2.15. The van der Waals surface area contributed by atoms with Crippen molar-refractivity contribution in [2.75, 3.05) is 6.54 Å². The van der Waals surface area contributed by atoms with Gasteiger partial charge in [-0.15, -0.1) is 11.3 Å². The van der Waals surface area contributed by atoms with Crippen molar-refractivity contribution in [2.45, 2.75) is 25.9 Å². The van der Waals surface area contributed by atoms with Crippen molar-refractivity contribution < 1.29 is 23.5 Å². The molecule has 12 heteroatoms. The number of fused-ring (bicyclic) bond motifs is 1. The molecular weight excluding hydrogens is 466 g/mol. The number of aromatic nitrogens is 4. The lowest BCUT2D eigenvalue weighted by atomic mass is 10.3. The molecule has 3 aromatic heterocycles. The van der Waals surface area contributed by atoms with E-state index in [2.05, 4.69) is 25.3 Å². The van der Waals surface area contributed by atoms with Gasteiger partial charge in [0.2, 0.25) is 0 Å². The highest BCUT2D eigenvalue weighted by atomic mass is 32.1. The number of carbonyl (C=O) groups is 2. The van der Waals surface area contributed by atoms with Gasteiger partial charge in [0, 0.05) is 24.4 Å². The van der Waals surface area contributed by atoms with Gasteiger partial charge in [-0.05, 0) is 18.6 Å². The summed E-state index contributed by atoms with van der Waals surface area (Å²) in [5.74, 6) is -1.46. The second kappa shape index (κ2) is 10.3. The molecule has 4 rings (SSSR count). The van der Waals surface area contributed by atoms with Crippen LogP contribution in [-0.2, 0) is 19.5 Å². The van der Waals surface area contributed by atoms with E-state index in [1.165, 1.54) is 10.3 Å². The van der Waals surface area contributed by atoms with E-state index in [1.807, 2.05) is 24.3 Å². The van der Waals surface area contributed by atoms with Crippen LogP contribution in [0.15, 0.2) is 41.9 Å². The smallest absolute Gasteiger partial charge is 0.407 e. The highest BCUT2D eigenvalue weighted by molar-refractivity contribution is 7.09. The van der Waals surface area contributed by atoms with Gasteiger partial charge in [-0.25, -0.2) is 23.5 Å². The largest absolute Gasteiger partial charge is 0.465 e. The number of hydrogen-bond acceptors (Lipinski definition) is 6. The van der Waals surface area contributed by atoms with Gasteiger partial charge in [-0.2, -0.15) is 0 Å². The number of benzene rings is 1. The van der Waals surface area contributed by atoms with Gasteiger partial charge in [0.25, 0.3) is 5.91 Å². The number of aryl methyl sites for hydroxylation is 1. The number of H-pyrrole nitrogens is 1. The topological polar surface area (TPSA) is 124 Å². The molecule has 0 bridgehead atoms. The van der Waals surface area contributed by atoms with E-state index in [0.29, 0.717) is 23.9 Å². The Hall–Kier alpha value is -3.93. The number of thiazole rings is 1. The molecule has 0 saturated heterocycles. The number of hydrogen-bond donors (Lipinski definition) is 3. The van der Waals surface area contributed by atoms with Crippen molar-refractivity contribution in [3.05, 3.63) is 75.8 Å². The standard InChI is InChI=1S/C22H20F2N6O3S/c23-13-8-14(24)17(25-9-13)10-26-21(31)18-12-34-20(29-18)11-30(22(32)33)7-3-6-19-27-15-4-1-2-5-16(15)28-19/h1-2,4-5,8-9,12H,3,6-7,10-11H2,(H,26,31)(H,27,28)(H,32,33). The number of halogens is 2. The summed E-state index contributed by atoms with van der Waals surface area (Å²) in [5.41, 5.74) is 1.76. The van der Waals surface area contributed by atoms with Crippen molar-refractivity contribution in [1.29, 1.82) is 0 Å². The zero-order valence-corrected chi connectivity index (χ0v) is 18.6. The summed E-state index contributed by atoms with van der Waals surface area (Å²) in [7, 11) is 0. The van der Waals surface area contributed by atoms with Gasteiger partial charge in [0.05, 0.1) is 36.0 Å². The molecule has 176 valence electrons. The Morgan fingerprint density at radius 3 is 2.79 bits per heavy atom. The average Bonchev–Trinajstić information content (AvgIpc) is 3.44. The van der Waals surface area contributed by atoms with Gasteiger partial charge in [-0.1, -0.05) is 12.1 Å². The first kappa shape index (κ1) is 23.2. The summed E-state index contributed by atoms with van der Waals surface area (Å²) >= 11 is 1.15. The van der Waals surface area contributed by atoms with Gasteiger partial charge in [0.1, 0.15) is 28.2 Å². The van der Waals surface area contributed by atoms with Crippen LogP contribution >= 0.6 is 11.3 Å². The molecule has 0 aliphatic heterocycles. The fourth-order valence-corrected chi connectivity index (χ4v) is 4.07. The molecule has 9 nitrogen and oxygen atoms in total. The quantitative estimate of drug-likeness (QED) is 0.331. The van der Waals surface area contributed by atoms with E-state index in [4.69, 9.17) is 0 Å². The second-order valence-corrected chi connectivity index (χ2v) is 8.34. The molecule has 0 aliphatic rings. The van der Waals surface area contributed by atoms with Crippen LogP contribution in [0, 0.1) is 11.6 Å². The molecule has 3 heterocycles. The molecule has 0 saturated carbocycles. The third-order valence-electron chi connectivity index (χ3n) is 4.96. The fourth-order valence-electron chi connectivity index (χ4n) is 3.28. The minimum absolute atomic E-state index is 0.0293. The number of rotatable bonds is 9. The first-order chi connectivity index (χ1) is 16.4. The monoisotopic (exact) mass is 486 g/mol. The van der Waals surface area contributed by atoms with Crippen LogP contribution in [-0.4, -0.2) is 48.5 Å². The predicted molar refractivity (Wildman–Crippen MR) is 120 cm³/mol. The summed E-state index contributed by atoms with van der Waals surface area (Å²) in [5, 5.41) is 14.0. The third kappa shape index (κ3) is 5.70. The molecule has 2 amide bonds. The van der Waals surface area contributed by atoms with E-state index >= 15 is 0 Å². The van der Waals surface area contributed by atoms with E-state index in [-0.39, 0.29) is 31.0 Å². The number of nitrogens with one attached hydrogen (secondary N) is 2. The molecule has 0 atom stereocenters. The van der Waals surface area contributed by atoms with Crippen molar-refractivity contribution in [3.63, 3.8) is 0 Å². The maximum Gasteiger partial charge on any atom is 0.407 e. The first-order valence-electron chi connectivity index (χ1n) is 10.3. The molecule has 34 heavy (non-hydrogen) atoms. The minimum atomic E-state index is -1.09. The zero-order chi connectivity index (χ0) is 24.1. The lowest BCUT2D eigenvalue weighted by molar-refractivity contribution is 0.0945. The molecule has 0 radical (unpaired) electrons. The van der Waals surface area contributed by atoms with Crippen molar-refractivity contribution in [3.8, 4) is 0 Å². The molecule has 1 aromatic carbocycles. The number of imidazole rings is 1. The zero-order valence-electron chi connectivity index (χ0n) is 17.8. The first-order valence-corrected chi connectivity index (χ1v) is 11.2. The molecule has 0 aliphatic carbocycles. The van der Waals surface area contributed by atoms with E-state index in [0.717, 1.165) is 34.4 Å². The summed E-state index contributed by atoms with van der Waals surface area (Å²) in [6.07, 6.45) is 0.905. The maximum atomic E-state index is 13.7. The summed E-state index contributed by atoms with van der Waals surface area (Å²) in [6, 6.07) is 8.33. The van der Waals surface area contributed by atoms with Gasteiger partial charge < -0.3 is 20.3 Å². The van der Waals surface area contributed by atoms with E-state index in [1.54, 1.807) is 0 Å². The highest BCUT2D eigenvalue weighted by Gasteiger charge is 2.17. The van der Waals surface area contributed by atoms with Gasteiger partial charge in [0.15, 0.2) is 0 Å². The van der Waals surface area contributed by atoms with Gasteiger partial charge in [-0.3, -0.25) is 9.78 Å². The van der Waals surface area contributed by atoms with Crippen LogP contribution in [0.1, 0.15) is 33.4 Å². The van der Waals surface area contributed by atoms with Crippen molar-refractivity contribution in [2.24, 2.45) is 0 Å². The molecular formula is C22H20F2N6O3S. The van der Waals surface area contributed by atoms with Gasteiger partial charge >= 0.3 is 6.09 Å². The van der Waals surface area contributed by atoms with Crippen LogP contribution in [0.25, 0.3) is 11.0 Å². The second-order valence-electron chi connectivity index (χ2n) is 7.40. The Bertz CT molecular complexity index is 1290. The molecule has 0 fully saturated rings. The summed E-state index contributed by atoms with van der Waals surface area (Å²) < 4.78 is 26.6.